The molecule has 2 N–H and O–H groups in total. The molecule has 1 aromatic heterocycles. The number of carbonyl (C=O) groups excluding carboxylic acids is 2. The van der Waals surface area contributed by atoms with Crippen molar-refractivity contribution in [2.45, 2.75) is 27.2 Å². The van der Waals surface area contributed by atoms with E-state index in [0.717, 1.165) is 22.2 Å². The number of rotatable bonds is 4. The summed E-state index contributed by atoms with van der Waals surface area (Å²) in [4.78, 5) is 26.0. The van der Waals surface area contributed by atoms with Crippen molar-refractivity contribution in [2.24, 2.45) is 0 Å². The first-order valence-electron chi connectivity index (χ1n) is 6.55. The van der Waals surface area contributed by atoms with Crippen LogP contribution in [0.3, 0.4) is 0 Å². The zero-order valence-corrected chi connectivity index (χ0v) is 11.9. The SMILES string of the molecule is CCOC(=O)Cc1c(C)[nH]c2ccc(NC(C)=O)cc12. The molecule has 5 heteroatoms. The number of amides is 1. The number of hydrogen-bond acceptors (Lipinski definition) is 3. The Bertz CT molecular complexity index is 658. The quantitative estimate of drug-likeness (QED) is 0.842. The Labute approximate surface area is 117 Å². The number of ether oxygens (including phenoxy) is 1. The van der Waals surface area contributed by atoms with Crippen molar-refractivity contribution in [1.82, 2.24) is 4.98 Å². The van der Waals surface area contributed by atoms with E-state index in [0.29, 0.717) is 12.3 Å². The number of hydrogen-bond donors (Lipinski definition) is 2. The maximum atomic E-state index is 11.7. The van der Waals surface area contributed by atoms with Gasteiger partial charge in [-0.1, -0.05) is 0 Å². The second-order valence-electron chi connectivity index (χ2n) is 4.65. The Kier molecular flexibility index (Phi) is 4.08. The van der Waals surface area contributed by atoms with Crippen LogP contribution in [0.25, 0.3) is 10.9 Å². The fourth-order valence-electron chi connectivity index (χ4n) is 2.25. The number of benzene rings is 1. The fourth-order valence-corrected chi connectivity index (χ4v) is 2.25. The monoisotopic (exact) mass is 274 g/mol. The Balaban J connectivity index is 2.39. The van der Waals surface area contributed by atoms with E-state index in [-0.39, 0.29) is 18.3 Å². The van der Waals surface area contributed by atoms with Crippen molar-refractivity contribution in [2.75, 3.05) is 11.9 Å². The Morgan fingerprint density at radius 3 is 2.75 bits per heavy atom. The van der Waals surface area contributed by atoms with Gasteiger partial charge in [0.05, 0.1) is 13.0 Å². The van der Waals surface area contributed by atoms with Crippen LogP contribution in [0.4, 0.5) is 5.69 Å². The minimum Gasteiger partial charge on any atom is -0.466 e. The largest absolute Gasteiger partial charge is 0.466 e. The van der Waals surface area contributed by atoms with E-state index in [1.54, 1.807) is 6.92 Å². The van der Waals surface area contributed by atoms with Crippen molar-refractivity contribution in [3.05, 3.63) is 29.5 Å². The van der Waals surface area contributed by atoms with Gasteiger partial charge in [-0.3, -0.25) is 9.59 Å². The first-order valence-corrected chi connectivity index (χ1v) is 6.55. The van der Waals surface area contributed by atoms with Gasteiger partial charge in [-0.15, -0.1) is 0 Å². The molecule has 0 bridgehead atoms. The van der Waals surface area contributed by atoms with E-state index in [1.165, 1.54) is 6.92 Å². The van der Waals surface area contributed by atoms with Crippen molar-refractivity contribution in [3.8, 4) is 0 Å². The average molecular weight is 274 g/mol. The highest BCUT2D eigenvalue weighted by Crippen LogP contribution is 2.26. The van der Waals surface area contributed by atoms with Gasteiger partial charge in [-0.25, -0.2) is 0 Å². The van der Waals surface area contributed by atoms with Crippen LogP contribution in [0.15, 0.2) is 18.2 Å². The fraction of sp³-hybridized carbons (Fsp3) is 0.333. The highest BCUT2D eigenvalue weighted by molar-refractivity contribution is 5.95. The molecule has 0 spiro atoms. The summed E-state index contributed by atoms with van der Waals surface area (Å²) in [6.45, 7) is 5.55. The second kappa shape index (κ2) is 5.77. The summed E-state index contributed by atoms with van der Waals surface area (Å²) in [5, 5.41) is 3.68. The number of aromatic nitrogens is 1. The topological polar surface area (TPSA) is 71.2 Å². The van der Waals surface area contributed by atoms with Crippen LogP contribution in [0.2, 0.25) is 0 Å². The van der Waals surface area contributed by atoms with E-state index >= 15 is 0 Å². The summed E-state index contributed by atoms with van der Waals surface area (Å²) >= 11 is 0. The third-order valence-electron chi connectivity index (χ3n) is 3.07. The van der Waals surface area contributed by atoms with E-state index in [9.17, 15) is 9.59 Å². The van der Waals surface area contributed by atoms with Gasteiger partial charge in [-0.2, -0.15) is 0 Å². The van der Waals surface area contributed by atoms with E-state index in [2.05, 4.69) is 10.3 Å². The molecule has 0 fully saturated rings. The lowest BCUT2D eigenvalue weighted by Gasteiger charge is -2.04. The zero-order valence-electron chi connectivity index (χ0n) is 11.9. The molecule has 0 saturated carbocycles. The highest BCUT2D eigenvalue weighted by atomic mass is 16.5. The minimum absolute atomic E-state index is 0.122. The highest BCUT2D eigenvalue weighted by Gasteiger charge is 2.13. The number of nitrogens with one attached hydrogen (secondary N) is 2. The van der Waals surface area contributed by atoms with Crippen LogP contribution in [0.5, 0.6) is 0 Å². The smallest absolute Gasteiger partial charge is 0.310 e. The summed E-state index contributed by atoms with van der Waals surface area (Å²) in [5.41, 5.74) is 3.50. The first kappa shape index (κ1) is 14.1. The molecule has 0 aliphatic heterocycles. The van der Waals surface area contributed by atoms with Gasteiger partial charge < -0.3 is 15.0 Å². The van der Waals surface area contributed by atoms with Crippen molar-refractivity contribution in [3.63, 3.8) is 0 Å². The normalized spacial score (nSPS) is 10.6. The van der Waals surface area contributed by atoms with Crippen LogP contribution in [0, 0.1) is 6.92 Å². The van der Waals surface area contributed by atoms with E-state index < -0.39 is 0 Å². The van der Waals surface area contributed by atoms with Crippen LogP contribution in [0.1, 0.15) is 25.1 Å². The summed E-state index contributed by atoms with van der Waals surface area (Å²) in [5.74, 6) is -0.370. The molecule has 2 rings (SSSR count). The van der Waals surface area contributed by atoms with Crippen LogP contribution in [-0.4, -0.2) is 23.5 Å². The van der Waals surface area contributed by atoms with E-state index in [4.69, 9.17) is 4.74 Å². The predicted molar refractivity (Wildman–Crippen MR) is 77.7 cm³/mol. The number of aromatic amines is 1. The lowest BCUT2D eigenvalue weighted by molar-refractivity contribution is -0.142. The summed E-state index contributed by atoms with van der Waals surface area (Å²) in [7, 11) is 0. The van der Waals surface area contributed by atoms with Gasteiger partial charge in [-0.05, 0) is 37.6 Å². The zero-order chi connectivity index (χ0) is 14.7. The van der Waals surface area contributed by atoms with Crippen molar-refractivity contribution < 1.29 is 14.3 Å². The Morgan fingerprint density at radius 1 is 1.35 bits per heavy atom. The molecule has 5 nitrogen and oxygen atoms in total. The van der Waals surface area contributed by atoms with Crippen LogP contribution >= 0.6 is 0 Å². The molecule has 0 aliphatic rings. The Morgan fingerprint density at radius 2 is 2.10 bits per heavy atom. The number of fused-ring (bicyclic) bond motifs is 1. The number of carbonyl (C=O) groups is 2. The van der Waals surface area contributed by atoms with Crippen LogP contribution in [-0.2, 0) is 20.7 Å². The van der Waals surface area contributed by atoms with Gasteiger partial charge in [0.1, 0.15) is 0 Å². The summed E-state index contributed by atoms with van der Waals surface area (Å²) in [6.07, 6.45) is 0.225. The number of H-pyrrole nitrogens is 1. The molecule has 0 radical (unpaired) electrons. The molecule has 0 atom stereocenters. The molecule has 0 aliphatic carbocycles. The lowest BCUT2D eigenvalue weighted by atomic mass is 10.1. The molecule has 1 aromatic carbocycles. The molecular weight excluding hydrogens is 256 g/mol. The third-order valence-corrected chi connectivity index (χ3v) is 3.07. The van der Waals surface area contributed by atoms with Gasteiger partial charge in [0.25, 0.3) is 0 Å². The summed E-state index contributed by atoms with van der Waals surface area (Å²) in [6, 6.07) is 5.59. The molecule has 20 heavy (non-hydrogen) atoms. The second-order valence-corrected chi connectivity index (χ2v) is 4.65. The van der Waals surface area contributed by atoms with Crippen molar-refractivity contribution >= 4 is 28.5 Å². The standard InChI is InChI=1S/C15H18N2O3/c1-4-20-15(19)8-12-9(2)16-14-6-5-11(7-13(12)14)17-10(3)18/h5-7,16H,4,8H2,1-3H3,(H,17,18). The third kappa shape index (κ3) is 2.99. The maximum Gasteiger partial charge on any atom is 0.310 e. The molecule has 1 amide bonds. The maximum absolute atomic E-state index is 11.7. The lowest BCUT2D eigenvalue weighted by Crippen LogP contribution is -2.08. The summed E-state index contributed by atoms with van der Waals surface area (Å²) < 4.78 is 4.99. The molecule has 106 valence electrons. The van der Waals surface area contributed by atoms with Gasteiger partial charge in [0, 0.05) is 29.2 Å². The molecule has 0 saturated heterocycles. The number of anilines is 1. The van der Waals surface area contributed by atoms with Gasteiger partial charge in [0.15, 0.2) is 0 Å². The number of esters is 1. The molecule has 0 unspecified atom stereocenters. The minimum atomic E-state index is -0.249. The number of aryl methyl sites for hydroxylation is 1. The molecule has 2 aromatic rings. The van der Waals surface area contributed by atoms with Crippen molar-refractivity contribution in [1.29, 1.82) is 0 Å². The van der Waals surface area contributed by atoms with E-state index in [1.807, 2.05) is 25.1 Å². The molecular formula is C15H18N2O3. The predicted octanol–water partition coefficient (Wildman–Crippen LogP) is 2.54. The first-order chi connectivity index (χ1) is 9.51. The van der Waals surface area contributed by atoms with Crippen LogP contribution < -0.4 is 5.32 Å². The Hall–Kier alpha value is -2.30. The average Bonchev–Trinajstić information content (AvgIpc) is 2.66. The molecule has 1 heterocycles. The van der Waals surface area contributed by atoms with Gasteiger partial charge in [0.2, 0.25) is 5.91 Å². The van der Waals surface area contributed by atoms with Gasteiger partial charge >= 0.3 is 5.97 Å².